The number of carbonyl (C=O) groups excluding carboxylic acids is 3. The van der Waals surface area contributed by atoms with Gasteiger partial charge >= 0.3 is 0 Å². The highest BCUT2D eigenvalue weighted by atomic mass is 19.1. The van der Waals surface area contributed by atoms with Crippen LogP contribution in [-0.2, 0) is 9.59 Å². The van der Waals surface area contributed by atoms with Gasteiger partial charge in [-0.25, -0.2) is 4.39 Å². The molecule has 1 aliphatic rings. The van der Waals surface area contributed by atoms with Crippen molar-refractivity contribution in [3.05, 3.63) is 41.9 Å². The van der Waals surface area contributed by atoms with Crippen molar-refractivity contribution >= 4 is 17.7 Å². The number of hydrogen-bond acceptors (Lipinski definition) is 5. The summed E-state index contributed by atoms with van der Waals surface area (Å²) in [6.07, 6.45) is 0.933. The maximum absolute atomic E-state index is 13.0. The summed E-state index contributed by atoms with van der Waals surface area (Å²) in [4.78, 5) is 35.6. The molecule has 28 heavy (non-hydrogen) atoms. The van der Waals surface area contributed by atoms with E-state index in [9.17, 15) is 18.8 Å². The highest BCUT2D eigenvalue weighted by molar-refractivity contribution is 5.93. The number of carbonyl (C=O) groups is 3. The molecule has 0 atom stereocenters. The normalized spacial score (nSPS) is 18.3. The smallest absolute Gasteiger partial charge is 0.290 e. The zero-order chi connectivity index (χ0) is 20.3. The van der Waals surface area contributed by atoms with Gasteiger partial charge in [0, 0.05) is 29.5 Å². The molecule has 0 saturated heterocycles. The van der Waals surface area contributed by atoms with Crippen LogP contribution in [0.4, 0.5) is 4.39 Å². The molecule has 0 spiro atoms. The van der Waals surface area contributed by atoms with Crippen LogP contribution < -0.4 is 16.2 Å². The van der Waals surface area contributed by atoms with Gasteiger partial charge in [-0.2, -0.15) is 0 Å². The molecule has 0 radical (unpaired) electrons. The van der Waals surface area contributed by atoms with Crippen LogP contribution in [0.25, 0.3) is 11.3 Å². The van der Waals surface area contributed by atoms with Gasteiger partial charge in [0.25, 0.3) is 5.91 Å². The van der Waals surface area contributed by atoms with E-state index in [-0.39, 0.29) is 41.3 Å². The van der Waals surface area contributed by atoms with Crippen LogP contribution in [0.5, 0.6) is 0 Å². The Morgan fingerprint density at radius 2 is 1.82 bits per heavy atom. The van der Waals surface area contributed by atoms with Crippen LogP contribution >= 0.6 is 0 Å². The molecule has 148 valence electrons. The summed E-state index contributed by atoms with van der Waals surface area (Å²) in [5.74, 6) is -1.80. The van der Waals surface area contributed by atoms with Gasteiger partial charge < -0.3 is 9.84 Å². The van der Waals surface area contributed by atoms with E-state index in [1.165, 1.54) is 18.2 Å². The van der Waals surface area contributed by atoms with E-state index in [0.29, 0.717) is 24.1 Å². The molecule has 9 heteroatoms. The monoisotopic (exact) mass is 388 g/mol. The molecular formula is C19H21FN4O4. The number of aromatic nitrogens is 1. The van der Waals surface area contributed by atoms with E-state index < -0.39 is 5.91 Å². The maximum atomic E-state index is 13.0. The fraction of sp³-hybridized carbons (Fsp3) is 0.368. The van der Waals surface area contributed by atoms with Gasteiger partial charge in [0.2, 0.25) is 17.6 Å². The predicted octanol–water partition coefficient (Wildman–Crippen LogP) is 1.79. The number of amides is 3. The lowest BCUT2D eigenvalue weighted by molar-refractivity contribution is -0.134. The zero-order valence-corrected chi connectivity index (χ0v) is 15.5. The van der Waals surface area contributed by atoms with Gasteiger partial charge in [-0.05, 0) is 37.1 Å². The summed E-state index contributed by atoms with van der Waals surface area (Å²) >= 11 is 0. The van der Waals surface area contributed by atoms with Crippen molar-refractivity contribution < 1.29 is 23.3 Å². The lowest BCUT2D eigenvalue weighted by Gasteiger charge is -2.34. The van der Waals surface area contributed by atoms with Crippen molar-refractivity contribution in [2.45, 2.75) is 32.7 Å². The molecule has 0 aliphatic heterocycles. The SMILES string of the molecule is CC(C)C(=O)NNC(=O)[C@H]1C[C@H](NC(=O)c2cc(-c3ccc(F)cc3)no2)C1. The number of rotatable bonds is 5. The van der Waals surface area contributed by atoms with E-state index in [1.807, 2.05) is 0 Å². The molecule has 2 aromatic rings. The number of hydrogen-bond donors (Lipinski definition) is 3. The van der Waals surface area contributed by atoms with Crippen molar-refractivity contribution in [3.63, 3.8) is 0 Å². The summed E-state index contributed by atoms with van der Waals surface area (Å²) in [7, 11) is 0. The second kappa shape index (κ2) is 8.20. The van der Waals surface area contributed by atoms with Crippen LogP contribution in [0.15, 0.2) is 34.9 Å². The van der Waals surface area contributed by atoms with Crippen molar-refractivity contribution in [1.82, 2.24) is 21.3 Å². The fourth-order valence-corrected chi connectivity index (χ4v) is 2.71. The minimum Gasteiger partial charge on any atom is -0.350 e. The first-order chi connectivity index (χ1) is 13.3. The number of halogens is 1. The third kappa shape index (κ3) is 4.54. The first-order valence-electron chi connectivity index (χ1n) is 8.96. The third-order valence-corrected chi connectivity index (χ3v) is 4.55. The molecule has 1 heterocycles. The van der Waals surface area contributed by atoms with Crippen molar-refractivity contribution in [2.75, 3.05) is 0 Å². The van der Waals surface area contributed by atoms with Gasteiger partial charge in [0.1, 0.15) is 11.5 Å². The van der Waals surface area contributed by atoms with Gasteiger partial charge in [0.15, 0.2) is 0 Å². The Hall–Kier alpha value is -3.23. The van der Waals surface area contributed by atoms with Crippen LogP contribution in [0.1, 0.15) is 37.2 Å². The summed E-state index contributed by atoms with van der Waals surface area (Å²) in [6.45, 7) is 3.45. The first kappa shape index (κ1) is 19.5. The molecule has 3 N–H and O–H groups in total. The highest BCUT2D eigenvalue weighted by Crippen LogP contribution is 2.28. The van der Waals surface area contributed by atoms with Gasteiger partial charge in [0.05, 0.1) is 0 Å². The van der Waals surface area contributed by atoms with Crippen LogP contribution in [0.3, 0.4) is 0 Å². The lowest BCUT2D eigenvalue weighted by Crippen LogP contribution is -2.53. The minimum absolute atomic E-state index is 0.0384. The van der Waals surface area contributed by atoms with Gasteiger partial charge in [-0.15, -0.1) is 0 Å². The summed E-state index contributed by atoms with van der Waals surface area (Å²) in [6, 6.07) is 7.00. The second-order valence-electron chi connectivity index (χ2n) is 7.06. The Morgan fingerprint density at radius 3 is 2.46 bits per heavy atom. The fourth-order valence-electron chi connectivity index (χ4n) is 2.71. The van der Waals surface area contributed by atoms with E-state index in [0.717, 1.165) is 0 Å². The summed E-state index contributed by atoms with van der Waals surface area (Å²) in [5.41, 5.74) is 5.81. The minimum atomic E-state index is -0.433. The Labute approximate surface area is 160 Å². The molecule has 3 rings (SSSR count). The van der Waals surface area contributed by atoms with Gasteiger partial charge in [-0.3, -0.25) is 25.2 Å². The van der Waals surface area contributed by atoms with Crippen LogP contribution in [0.2, 0.25) is 0 Å². The summed E-state index contributed by atoms with van der Waals surface area (Å²) in [5, 5.41) is 6.60. The number of benzene rings is 1. The molecular weight excluding hydrogens is 367 g/mol. The maximum Gasteiger partial charge on any atom is 0.290 e. The lowest BCUT2D eigenvalue weighted by atomic mass is 9.79. The number of nitrogens with one attached hydrogen (secondary N) is 3. The largest absolute Gasteiger partial charge is 0.350 e. The Morgan fingerprint density at radius 1 is 1.14 bits per heavy atom. The van der Waals surface area contributed by atoms with E-state index in [1.54, 1.807) is 26.0 Å². The zero-order valence-electron chi connectivity index (χ0n) is 15.5. The molecule has 0 bridgehead atoms. The number of nitrogens with zero attached hydrogens (tertiary/aromatic N) is 1. The Kier molecular flexibility index (Phi) is 5.72. The molecule has 1 fully saturated rings. The molecule has 1 aromatic heterocycles. The number of hydrazine groups is 1. The molecule has 1 saturated carbocycles. The average molecular weight is 388 g/mol. The molecule has 1 aliphatic carbocycles. The molecule has 8 nitrogen and oxygen atoms in total. The topological polar surface area (TPSA) is 113 Å². The van der Waals surface area contributed by atoms with Crippen molar-refractivity contribution in [2.24, 2.45) is 11.8 Å². The summed E-state index contributed by atoms with van der Waals surface area (Å²) < 4.78 is 18.0. The second-order valence-corrected chi connectivity index (χ2v) is 7.06. The third-order valence-electron chi connectivity index (χ3n) is 4.55. The Balaban J connectivity index is 1.46. The van der Waals surface area contributed by atoms with E-state index in [4.69, 9.17) is 4.52 Å². The predicted molar refractivity (Wildman–Crippen MR) is 97.0 cm³/mol. The van der Waals surface area contributed by atoms with Gasteiger partial charge in [-0.1, -0.05) is 19.0 Å². The highest BCUT2D eigenvalue weighted by Gasteiger charge is 2.36. The quantitative estimate of drug-likeness (QED) is 0.676. The molecule has 1 aromatic carbocycles. The standard InChI is InChI=1S/C19H21FN4O4/c1-10(2)17(25)22-23-18(26)12-7-14(8-12)21-19(27)16-9-15(24-28-16)11-3-5-13(20)6-4-11/h3-6,9-10,12,14H,7-8H2,1-2H3,(H,21,27)(H,22,25)(H,23,26)/t12-,14-. The molecule has 0 unspecified atom stereocenters. The van der Waals surface area contributed by atoms with E-state index >= 15 is 0 Å². The van der Waals surface area contributed by atoms with Crippen LogP contribution in [-0.4, -0.2) is 28.9 Å². The van der Waals surface area contributed by atoms with Crippen molar-refractivity contribution in [1.29, 1.82) is 0 Å². The van der Waals surface area contributed by atoms with E-state index in [2.05, 4.69) is 21.3 Å². The molecule has 3 amide bonds. The average Bonchev–Trinajstić information content (AvgIpc) is 3.12. The Bertz CT molecular complexity index is 872. The van der Waals surface area contributed by atoms with Crippen molar-refractivity contribution in [3.8, 4) is 11.3 Å². The first-order valence-corrected chi connectivity index (χ1v) is 8.96. The van der Waals surface area contributed by atoms with Crippen LogP contribution in [0, 0.1) is 17.7 Å².